The predicted molar refractivity (Wildman–Crippen MR) is 101 cm³/mol. The summed E-state index contributed by atoms with van der Waals surface area (Å²) >= 11 is 6.26. The predicted octanol–water partition coefficient (Wildman–Crippen LogP) is 4.41. The van der Waals surface area contributed by atoms with Crippen molar-refractivity contribution in [2.45, 2.75) is 13.3 Å². The van der Waals surface area contributed by atoms with Crippen LogP contribution < -0.4 is 24.3 Å². The summed E-state index contributed by atoms with van der Waals surface area (Å²) in [6.45, 7) is 2.50. The van der Waals surface area contributed by atoms with Crippen molar-refractivity contribution < 1.29 is 23.7 Å². The molecule has 26 heavy (non-hydrogen) atoms. The van der Waals surface area contributed by atoms with Crippen LogP contribution in [0.5, 0.6) is 23.0 Å². The summed E-state index contributed by atoms with van der Waals surface area (Å²) in [6, 6.07) is 8.24. The largest absolute Gasteiger partial charge is 0.493 e. The fraction of sp³-hybridized carbons (Fsp3) is 0.316. The summed E-state index contributed by atoms with van der Waals surface area (Å²) in [5.41, 5.74) is 0.916. The zero-order valence-corrected chi connectivity index (χ0v) is 16.0. The van der Waals surface area contributed by atoms with E-state index in [4.69, 9.17) is 30.5 Å². The number of ether oxygens (including phenoxy) is 4. The molecule has 0 aliphatic heterocycles. The molecule has 0 aromatic heterocycles. The van der Waals surface area contributed by atoms with E-state index < -0.39 is 0 Å². The smallest absolute Gasteiger partial charge is 0.255 e. The molecule has 0 aliphatic carbocycles. The number of hydrogen-bond acceptors (Lipinski definition) is 5. The number of nitrogens with one attached hydrogen (secondary N) is 1. The molecule has 0 bridgehead atoms. The maximum Gasteiger partial charge on any atom is 0.255 e. The molecule has 2 aromatic carbocycles. The van der Waals surface area contributed by atoms with Gasteiger partial charge in [-0.25, -0.2) is 0 Å². The Balaban J connectivity index is 2.25. The van der Waals surface area contributed by atoms with Crippen molar-refractivity contribution in [2.24, 2.45) is 0 Å². The normalized spacial score (nSPS) is 10.2. The van der Waals surface area contributed by atoms with Gasteiger partial charge in [0, 0.05) is 17.3 Å². The number of rotatable bonds is 8. The molecular weight excluding hydrogens is 358 g/mol. The van der Waals surface area contributed by atoms with Gasteiger partial charge in [-0.2, -0.15) is 0 Å². The quantitative estimate of drug-likeness (QED) is 0.736. The molecule has 7 heteroatoms. The molecular formula is C19H22ClNO5. The molecule has 0 unspecified atom stereocenters. The molecule has 1 N–H and O–H groups in total. The van der Waals surface area contributed by atoms with Gasteiger partial charge in [0.15, 0.2) is 23.0 Å². The van der Waals surface area contributed by atoms with Crippen LogP contribution in [0.25, 0.3) is 0 Å². The molecule has 2 aromatic rings. The van der Waals surface area contributed by atoms with Gasteiger partial charge in [0.2, 0.25) is 0 Å². The first-order valence-corrected chi connectivity index (χ1v) is 8.45. The Bertz CT molecular complexity index is 779. The average Bonchev–Trinajstić information content (AvgIpc) is 2.66. The Kier molecular flexibility index (Phi) is 6.97. The van der Waals surface area contributed by atoms with Crippen LogP contribution in [-0.4, -0.2) is 33.8 Å². The zero-order chi connectivity index (χ0) is 19.1. The van der Waals surface area contributed by atoms with E-state index in [-0.39, 0.29) is 5.91 Å². The van der Waals surface area contributed by atoms with Crippen molar-refractivity contribution in [2.75, 3.05) is 33.3 Å². The molecule has 6 nitrogen and oxygen atoms in total. The van der Waals surface area contributed by atoms with Crippen molar-refractivity contribution in [1.29, 1.82) is 0 Å². The maximum atomic E-state index is 12.6. The van der Waals surface area contributed by atoms with Crippen LogP contribution in [-0.2, 0) is 0 Å². The third kappa shape index (κ3) is 4.52. The van der Waals surface area contributed by atoms with Crippen LogP contribution in [0, 0.1) is 0 Å². The molecule has 0 radical (unpaired) electrons. The third-order valence-electron chi connectivity index (χ3n) is 3.58. The highest BCUT2D eigenvalue weighted by Gasteiger charge is 2.16. The Morgan fingerprint density at radius 1 is 1.00 bits per heavy atom. The molecule has 0 spiro atoms. The number of carbonyl (C=O) groups is 1. The number of benzene rings is 2. The minimum Gasteiger partial charge on any atom is -0.493 e. The minimum atomic E-state index is -0.334. The second-order valence-electron chi connectivity index (χ2n) is 5.36. The van der Waals surface area contributed by atoms with Crippen LogP contribution in [0.3, 0.4) is 0 Å². The van der Waals surface area contributed by atoms with Crippen molar-refractivity contribution in [3.8, 4) is 23.0 Å². The zero-order valence-electron chi connectivity index (χ0n) is 15.2. The van der Waals surface area contributed by atoms with Crippen molar-refractivity contribution in [1.82, 2.24) is 0 Å². The van der Waals surface area contributed by atoms with Crippen molar-refractivity contribution >= 4 is 23.2 Å². The maximum absolute atomic E-state index is 12.6. The molecule has 0 aliphatic rings. The van der Waals surface area contributed by atoms with Crippen LogP contribution >= 0.6 is 11.6 Å². The fourth-order valence-corrected chi connectivity index (χ4v) is 2.58. The topological polar surface area (TPSA) is 66.0 Å². The highest BCUT2D eigenvalue weighted by atomic mass is 35.5. The Hall–Kier alpha value is -2.60. The molecule has 140 valence electrons. The second kappa shape index (κ2) is 9.20. The number of carbonyl (C=O) groups excluding carboxylic acids is 1. The summed E-state index contributed by atoms with van der Waals surface area (Å²) in [7, 11) is 4.58. The molecule has 1 amide bonds. The summed E-state index contributed by atoms with van der Waals surface area (Å²) in [6.07, 6.45) is 0.834. The molecule has 2 rings (SSSR count). The molecule has 0 saturated heterocycles. The first-order chi connectivity index (χ1) is 12.5. The Labute approximate surface area is 158 Å². The highest BCUT2D eigenvalue weighted by Crippen LogP contribution is 2.37. The van der Waals surface area contributed by atoms with Crippen molar-refractivity contribution in [3.05, 3.63) is 40.9 Å². The lowest BCUT2D eigenvalue weighted by Crippen LogP contribution is -2.12. The lowest BCUT2D eigenvalue weighted by atomic mass is 10.1. The number of hydrogen-bond donors (Lipinski definition) is 1. The van der Waals surface area contributed by atoms with E-state index in [9.17, 15) is 4.79 Å². The lowest BCUT2D eigenvalue weighted by molar-refractivity contribution is 0.102. The monoisotopic (exact) mass is 379 g/mol. The summed E-state index contributed by atoms with van der Waals surface area (Å²) in [5, 5.41) is 3.11. The van der Waals surface area contributed by atoms with E-state index in [2.05, 4.69) is 5.32 Å². The van der Waals surface area contributed by atoms with E-state index in [1.807, 2.05) is 6.92 Å². The Morgan fingerprint density at radius 3 is 2.31 bits per heavy atom. The molecule has 0 fully saturated rings. The number of halogens is 1. The van der Waals surface area contributed by atoms with Crippen LogP contribution in [0.4, 0.5) is 5.69 Å². The van der Waals surface area contributed by atoms with E-state index in [1.54, 1.807) is 37.4 Å². The SMILES string of the molecule is CCCOc1c(Cl)cc(C(=O)Nc2ccc(OC)c(OC)c2)cc1OC. The van der Waals surface area contributed by atoms with Gasteiger partial charge in [-0.15, -0.1) is 0 Å². The minimum absolute atomic E-state index is 0.315. The summed E-state index contributed by atoms with van der Waals surface area (Å²) in [5.74, 6) is 1.60. The first-order valence-electron chi connectivity index (χ1n) is 8.07. The van der Waals surface area contributed by atoms with Gasteiger partial charge >= 0.3 is 0 Å². The first kappa shape index (κ1) is 19.7. The molecule has 0 atom stereocenters. The lowest BCUT2D eigenvalue weighted by Gasteiger charge is -2.14. The van der Waals surface area contributed by atoms with Gasteiger partial charge in [-0.3, -0.25) is 4.79 Å². The van der Waals surface area contributed by atoms with Crippen LogP contribution in [0.2, 0.25) is 5.02 Å². The molecule has 0 heterocycles. The fourth-order valence-electron chi connectivity index (χ4n) is 2.31. The molecule has 0 saturated carbocycles. The highest BCUT2D eigenvalue weighted by molar-refractivity contribution is 6.32. The van der Waals surface area contributed by atoms with E-state index in [0.717, 1.165) is 6.42 Å². The summed E-state index contributed by atoms with van der Waals surface area (Å²) < 4.78 is 21.3. The van der Waals surface area contributed by atoms with Crippen LogP contribution in [0.15, 0.2) is 30.3 Å². The average molecular weight is 380 g/mol. The van der Waals surface area contributed by atoms with Gasteiger partial charge in [0.05, 0.1) is 33.0 Å². The van der Waals surface area contributed by atoms with Gasteiger partial charge in [0.1, 0.15) is 0 Å². The number of anilines is 1. The number of amides is 1. The summed E-state index contributed by atoms with van der Waals surface area (Å²) in [4.78, 5) is 12.6. The third-order valence-corrected chi connectivity index (χ3v) is 3.86. The van der Waals surface area contributed by atoms with E-state index >= 15 is 0 Å². The van der Waals surface area contributed by atoms with Gasteiger partial charge in [0.25, 0.3) is 5.91 Å². The number of methoxy groups -OCH3 is 3. The van der Waals surface area contributed by atoms with E-state index in [1.165, 1.54) is 14.2 Å². The second-order valence-corrected chi connectivity index (χ2v) is 5.77. The van der Waals surface area contributed by atoms with Gasteiger partial charge < -0.3 is 24.3 Å². The Morgan fingerprint density at radius 2 is 1.69 bits per heavy atom. The van der Waals surface area contributed by atoms with Crippen LogP contribution in [0.1, 0.15) is 23.7 Å². The standard InChI is InChI=1S/C19H22ClNO5/c1-5-8-26-18-14(20)9-12(10-17(18)25-4)19(22)21-13-6-7-15(23-2)16(11-13)24-3/h6-7,9-11H,5,8H2,1-4H3,(H,21,22). The van der Waals surface area contributed by atoms with Gasteiger partial charge in [-0.05, 0) is 30.7 Å². The van der Waals surface area contributed by atoms with E-state index in [0.29, 0.717) is 45.9 Å². The van der Waals surface area contributed by atoms with Crippen molar-refractivity contribution in [3.63, 3.8) is 0 Å². The van der Waals surface area contributed by atoms with Gasteiger partial charge in [-0.1, -0.05) is 18.5 Å².